The number of rotatable bonds is 14. The molecule has 0 spiro atoms. The molecule has 0 aliphatic carbocycles. The summed E-state index contributed by atoms with van der Waals surface area (Å²) in [5.41, 5.74) is 0. The van der Waals surface area contributed by atoms with E-state index >= 15 is 0 Å². The molecule has 0 N–H and O–H groups in total. The smallest absolute Gasteiger partial charge is 0.330 e. The third kappa shape index (κ3) is 11.8. The summed E-state index contributed by atoms with van der Waals surface area (Å²) in [6, 6.07) is 0. The van der Waals surface area contributed by atoms with Crippen LogP contribution in [-0.2, 0) is 19.0 Å². The van der Waals surface area contributed by atoms with E-state index in [4.69, 9.17) is 14.2 Å². The number of carbonyl (C=O) groups excluding carboxylic acids is 1. The highest BCUT2D eigenvalue weighted by Crippen LogP contribution is 2.20. The van der Waals surface area contributed by atoms with Gasteiger partial charge in [-0.3, -0.25) is 0 Å². The van der Waals surface area contributed by atoms with Crippen molar-refractivity contribution < 1.29 is 19.0 Å². The van der Waals surface area contributed by atoms with Gasteiger partial charge in [0.05, 0.1) is 6.61 Å². The summed E-state index contributed by atoms with van der Waals surface area (Å²) in [6.45, 7) is 4.45. The average molecular weight is 314 g/mol. The van der Waals surface area contributed by atoms with E-state index < -0.39 is 0 Å². The molecular weight excluding hydrogens is 280 g/mol. The number of allylic oxidation sites excluding steroid dienone is 1. The highest BCUT2D eigenvalue weighted by molar-refractivity contribution is 5.81. The Bertz CT molecular complexity index is 285. The van der Waals surface area contributed by atoms with Crippen molar-refractivity contribution in [2.75, 3.05) is 20.8 Å². The van der Waals surface area contributed by atoms with Crippen LogP contribution in [-0.4, -0.2) is 33.1 Å². The molecule has 0 aromatic rings. The van der Waals surface area contributed by atoms with E-state index in [9.17, 15) is 4.79 Å². The van der Waals surface area contributed by atoms with Crippen molar-refractivity contribution in [2.45, 2.75) is 71.5 Å². The maximum absolute atomic E-state index is 11.4. The van der Waals surface area contributed by atoms with Crippen molar-refractivity contribution in [2.24, 2.45) is 5.92 Å². The molecule has 0 bridgehead atoms. The van der Waals surface area contributed by atoms with Gasteiger partial charge in [0.1, 0.15) is 0 Å². The maximum Gasteiger partial charge on any atom is 0.330 e. The fourth-order valence-corrected chi connectivity index (χ4v) is 2.42. The quantitative estimate of drug-likeness (QED) is 0.205. The lowest BCUT2D eigenvalue weighted by atomic mass is 9.96. The lowest BCUT2D eigenvalue weighted by Crippen LogP contribution is -2.17. The molecule has 0 aromatic heterocycles. The van der Waals surface area contributed by atoms with Crippen LogP contribution in [0.4, 0.5) is 0 Å². The van der Waals surface area contributed by atoms with Crippen LogP contribution in [0.2, 0.25) is 0 Å². The van der Waals surface area contributed by atoms with Crippen molar-refractivity contribution in [3.05, 3.63) is 12.2 Å². The number of hydrogen-bond donors (Lipinski definition) is 0. The molecular formula is C18H34O4. The molecule has 1 atom stereocenters. The van der Waals surface area contributed by atoms with Crippen molar-refractivity contribution in [1.82, 2.24) is 0 Å². The Hall–Kier alpha value is -0.870. The van der Waals surface area contributed by atoms with E-state index in [1.165, 1.54) is 44.6 Å². The second kappa shape index (κ2) is 15.0. The number of methoxy groups -OCH3 is 2. The van der Waals surface area contributed by atoms with Gasteiger partial charge >= 0.3 is 5.97 Å². The van der Waals surface area contributed by atoms with Gasteiger partial charge in [0.25, 0.3) is 0 Å². The second-order valence-corrected chi connectivity index (χ2v) is 5.56. The molecule has 0 aromatic carbocycles. The Morgan fingerprint density at radius 3 is 2.23 bits per heavy atom. The van der Waals surface area contributed by atoms with Crippen LogP contribution in [0.1, 0.15) is 65.2 Å². The number of carbonyl (C=O) groups is 1. The number of hydrogen-bond acceptors (Lipinski definition) is 4. The van der Waals surface area contributed by atoms with Crippen LogP contribution in [0.15, 0.2) is 12.2 Å². The molecule has 4 nitrogen and oxygen atoms in total. The molecule has 0 rings (SSSR count). The van der Waals surface area contributed by atoms with Gasteiger partial charge in [0.15, 0.2) is 6.29 Å². The molecule has 22 heavy (non-hydrogen) atoms. The lowest BCUT2D eigenvalue weighted by molar-refractivity contribution is -0.137. The van der Waals surface area contributed by atoms with Crippen LogP contribution in [0.3, 0.4) is 0 Å². The standard InChI is InChI=1S/C18H34O4/c1-5-7-8-9-10-11-12-16(15-18(20-3)21-4)13-14-17(19)22-6-2/h13-14,16,18H,5-12,15H2,1-4H3/b14-13+/t16-/m0/s1. The van der Waals surface area contributed by atoms with E-state index in [2.05, 4.69) is 6.92 Å². The summed E-state index contributed by atoms with van der Waals surface area (Å²) in [6.07, 6.45) is 12.7. The first kappa shape index (κ1) is 21.1. The van der Waals surface area contributed by atoms with Gasteiger partial charge in [-0.1, -0.05) is 51.5 Å². The SMILES string of the molecule is CCCCCCCC[C@@H](/C=C/C(=O)OCC)CC(OC)OC. The molecule has 0 heterocycles. The maximum atomic E-state index is 11.4. The molecule has 4 heteroatoms. The number of esters is 1. The number of unbranched alkanes of at least 4 members (excludes halogenated alkanes) is 5. The summed E-state index contributed by atoms with van der Waals surface area (Å²) in [4.78, 5) is 11.4. The normalized spacial score (nSPS) is 13.0. The Kier molecular flexibility index (Phi) is 14.4. The lowest BCUT2D eigenvalue weighted by Gasteiger charge is -2.19. The minimum Gasteiger partial charge on any atom is -0.463 e. The van der Waals surface area contributed by atoms with Gasteiger partial charge in [-0.05, 0) is 19.3 Å². The molecule has 0 fully saturated rings. The molecule has 0 radical (unpaired) electrons. The van der Waals surface area contributed by atoms with Crippen molar-refractivity contribution >= 4 is 5.97 Å². The topological polar surface area (TPSA) is 44.8 Å². The van der Waals surface area contributed by atoms with Gasteiger partial charge in [0, 0.05) is 26.7 Å². The summed E-state index contributed by atoms with van der Waals surface area (Å²) in [5.74, 6) is 0.00214. The zero-order valence-electron chi connectivity index (χ0n) is 14.8. The van der Waals surface area contributed by atoms with Crippen molar-refractivity contribution in [3.8, 4) is 0 Å². The summed E-state index contributed by atoms with van der Waals surface area (Å²) in [7, 11) is 3.29. The predicted octanol–water partition coefficient (Wildman–Crippen LogP) is 4.48. The summed E-state index contributed by atoms with van der Waals surface area (Å²) >= 11 is 0. The zero-order chi connectivity index (χ0) is 16.6. The van der Waals surface area contributed by atoms with E-state index in [0.29, 0.717) is 6.61 Å². The fraction of sp³-hybridized carbons (Fsp3) is 0.833. The molecule has 130 valence electrons. The van der Waals surface area contributed by atoms with Crippen LogP contribution in [0, 0.1) is 5.92 Å². The van der Waals surface area contributed by atoms with Gasteiger partial charge in [0.2, 0.25) is 0 Å². The molecule has 0 aliphatic rings. The van der Waals surface area contributed by atoms with Gasteiger partial charge in [-0.15, -0.1) is 0 Å². The average Bonchev–Trinajstić information content (AvgIpc) is 2.52. The Morgan fingerprint density at radius 2 is 1.64 bits per heavy atom. The first-order chi connectivity index (χ1) is 10.7. The molecule has 0 saturated heterocycles. The zero-order valence-corrected chi connectivity index (χ0v) is 14.8. The third-order valence-corrected chi connectivity index (χ3v) is 3.74. The number of ether oxygens (including phenoxy) is 3. The van der Waals surface area contributed by atoms with E-state index in [1.54, 1.807) is 14.2 Å². The van der Waals surface area contributed by atoms with Crippen LogP contribution < -0.4 is 0 Å². The monoisotopic (exact) mass is 314 g/mol. The van der Waals surface area contributed by atoms with Crippen LogP contribution in [0.5, 0.6) is 0 Å². The van der Waals surface area contributed by atoms with Gasteiger partial charge < -0.3 is 14.2 Å². The van der Waals surface area contributed by atoms with Gasteiger partial charge in [-0.2, -0.15) is 0 Å². The minimum atomic E-state index is -0.276. The largest absolute Gasteiger partial charge is 0.463 e. The Balaban J connectivity index is 4.24. The summed E-state index contributed by atoms with van der Waals surface area (Å²) in [5, 5.41) is 0. The first-order valence-corrected chi connectivity index (χ1v) is 8.58. The van der Waals surface area contributed by atoms with Crippen molar-refractivity contribution in [3.63, 3.8) is 0 Å². The molecule has 0 saturated carbocycles. The fourth-order valence-electron chi connectivity index (χ4n) is 2.42. The third-order valence-electron chi connectivity index (χ3n) is 3.74. The molecule has 0 amide bonds. The van der Waals surface area contributed by atoms with Crippen LogP contribution in [0.25, 0.3) is 0 Å². The Labute approximate surface area is 136 Å². The van der Waals surface area contributed by atoms with E-state index in [-0.39, 0.29) is 18.2 Å². The van der Waals surface area contributed by atoms with Crippen molar-refractivity contribution in [1.29, 1.82) is 0 Å². The minimum absolute atomic E-state index is 0.225. The van der Waals surface area contributed by atoms with Crippen LogP contribution >= 0.6 is 0 Å². The molecule has 0 aliphatic heterocycles. The van der Waals surface area contributed by atoms with E-state index in [1.807, 2.05) is 13.0 Å². The van der Waals surface area contributed by atoms with E-state index in [0.717, 1.165) is 12.8 Å². The Morgan fingerprint density at radius 1 is 1.00 bits per heavy atom. The first-order valence-electron chi connectivity index (χ1n) is 8.58. The summed E-state index contributed by atoms with van der Waals surface area (Å²) < 4.78 is 15.5. The second-order valence-electron chi connectivity index (χ2n) is 5.56. The highest BCUT2D eigenvalue weighted by atomic mass is 16.7. The molecule has 0 unspecified atom stereocenters. The highest BCUT2D eigenvalue weighted by Gasteiger charge is 2.13. The van der Waals surface area contributed by atoms with Gasteiger partial charge in [-0.25, -0.2) is 4.79 Å². The predicted molar refractivity (Wildman–Crippen MR) is 89.7 cm³/mol.